The molecule has 0 rings (SSSR count). The van der Waals surface area contributed by atoms with Gasteiger partial charge < -0.3 is 20.5 Å². The zero-order valence-corrected chi connectivity index (χ0v) is 8.71. The molecule has 84 valence electrons. The third-order valence-corrected chi connectivity index (χ3v) is 1.54. The number of amides is 2. The molecule has 0 spiro atoms. The molecule has 5 heteroatoms. The first-order valence-electron chi connectivity index (χ1n) is 5.01. The highest BCUT2D eigenvalue weighted by Crippen LogP contribution is 1.84. The van der Waals surface area contributed by atoms with Crippen LogP contribution in [0.5, 0.6) is 0 Å². The first-order chi connectivity index (χ1) is 6.81. The number of urea groups is 1. The van der Waals surface area contributed by atoms with Crippen LogP contribution in [0.1, 0.15) is 19.8 Å². The summed E-state index contributed by atoms with van der Waals surface area (Å²) in [5.74, 6) is 0. The van der Waals surface area contributed by atoms with Gasteiger partial charge in [0.15, 0.2) is 0 Å². The molecule has 0 aliphatic rings. The van der Waals surface area contributed by atoms with Crippen LogP contribution < -0.4 is 10.6 Å². The predicted molar refractivity (Wildman–Crippen MR) is 54.2 cm³/mol. The number of carbonyl (C=O) groups is 1. The molecule has 0 fully saturated rings. The highest BCUT2D eigenvalue weighted by molar-refractivity contribution is 5.73. The van der Waals surface area contributed by atoms with Crippen LogP contribution in [0, 0.1) is 0 Å². The number of aliphatic hydroxyl groups is 1. The Bertz CT molecular complexity index is 142. The van der Waals surface area contributed by atoms with Crippen molar-refractivity contribution >= 4 is 6.03 Å². The molecular formula is C9H20N2O3. The lowest BCUT2D eigenvalue weighted by molar-refractivity contribution is 0.114. The van der Waals surface area contributed by atoms with Gasteiger partial charge in [0, 0.05) is 32.9 Å². The summed E-state index contributed by atoms with van der Waals surface area (Å²) in [6.45, 7) is 4.49. The van der Waals surface area contributed by atoms with Crippen molar-refractivity contribution in [3.63, 3.8) is 0 Å². The fourth-order valence-electron chi connectivity index (χ4n) is 0.868. The smallest absolute Gasteiger partial charge is 0.314 e. The Hall–Kier alpha value is -0.810. The fourth-order valence-corrected chi connectivity index (χ4v) is 0.868. The van der Waals surface area contributed by atoms with Crippen molar-refractivity contribution in [3.8, 4) is 0 Å². The van der Waals surface area contributed by atoms with Crippen molar-refractivity contribution in [2.24, 2.45) is 0 Å². The third-order valence-electron chi connectivity index (χ3n) is 1.54. The normalized spacial score (nSPS) is 9.86. The molecule has 0 aliphatic heterocycles. The zero-order valence-electron chi connectivity index (χ0n) is 8.71. The van der Waals surface area contributed by atoms with Crippen LogP contribution in [-0.4, -0.2) is 44.0 Å². The Balaban J connectivity index is 3.01. The highest BCUT2D eigenvalue weighted by atomic mass is 16.5. The first kappa shape index (κ1) is 13.2. The fraction of sp³-hybridized carbons (Fsp3) is 0.889. The summed E-state index contributed by atoms with van der Waals surface area (Å²) in [5.41, 5.74) is 0. The lowest BCUT2D eigenvalue weighted by atomic mass is 10.4. The number of nitrogens with one attached hydrogen (secondary N) is 2. The lowest BCUT2D eigenvalue weighted by Crippen LogP contribution is -2.36. The summed E-state index contributed by atoms with van der Waals surface area (Å²) in [5, 5.41) is 13.8. The highest BCUT2D eigenvalue weighted by Gasteiger charge is 1.95. The summed E-state index contributed by atoms with van der Waals surface area (Å²) >= 11 is 0. The van der Waals surface area contributed by atoms with Crippen LogP contribution in [0.3, 0.4) is 0 Å². The topological polar surface area (TPSA) is 70.6 Å². The molecule has 0 saturated carbocycles. The van der Waals surface area contributed by atoms with Gasteiger partial charge in [-0.15, -0.1) is 0 Å². The Labute approximate surface area is 84.8 Å². The quantitative estimate of drug-likeness (QED) is 0.491. The molecule has 0 radical (unpaired) electrons. The first-order valence-corrected chi connectivity index (χ1v) is 5.01. The van der Waals surface area contributed by atoms with E-state index >= 15 is 0 Å². The van der Waals surface area contributed by atoms with Gasteiger partial charge in [-0.1, -0.05) is 0 Å². The Kier molecular flexibility index (Phi) is 9.68. The summed E-state index contributed by atoms with van der Waals surface area (Å²) in [4.78, 5) is 10.9. The molecule has 0 aromatic heterocycles. The second-order valence-electron chi connectivity index (χ2n) is 2.83. The van der Waals surface area contributed by atoms with Crippen LogP contribution in [0.4, 0.5) is 4.79 Å². The van der Waals surface area contributed by atoms with Crippen LogP contribution >= 0.6 is 0 Å². The van der Waals surface area contributed by atoms with E-state index < -0.39 is 0 Å². The lowest BCUT2D eigenvalue weighted by Gasteiger charge is -2.05. The van der Waals surface area contributed by atoms with Gasteiger partial charge >= 0.3 is 6.03 Å². The summed E-state index contributed by atoms with van der Waals surface area (Å²) in [7, 11) is 0. The van der Waals surface area contributed by atoms with E-state index in [0.29, 0.717) is 32.7 Å². The van der Waals surface area contributed by atoms with Crippen molar-refractivity contribution in [2.45, 2.75) is 19.8 Å². The van der Waals surface area contributed by atoms with Gasteiger partial charge in [-0.05, 0) is 19.8 Å². The molecule has 14 heavy (non-hydrogen) atoms. The molecule has 0 saturated heterocycles. The van der Waals surface area contributed by atoms with Gasteiger partial charge in [-0.25, -0.2) is 4.79 Å². The Morgan fingerprint density at radius 1 is 1.29 bits per heavy atom. The van der Waals surface area contributed by atoms with Crippen LogP contribution in [0.2, 0.25) is 0 Å². The summed E-state index contributed by atoms with van der Waals surface area (Å²) in [6, 6.07) is -0.136. The molecule has 0 aromatic carbocycles. The van der Waals surface area contributed by atoms with E-state index in [9.17, 15) is 4.79 Å². The second kappa shape index (κ2) is 10.3. The van der Waals surface area contributed by atoms with Crippen molar-refractivity contribution in [3.05, 3.63) is 0 Å². The van der Waals surface area contributed by atoms with Gasteiger partial charge in [0.05, 0.1) is 0 Å². The number of hydrogen-bond donors (Lipinski definition) is 3. The van der Waals surface area contributed by atoms with E-state index in [0.717, 1.165) is 6.42 Å². The van der Waals surface area contributed by atoms with E-state index in [1.807, 2.05) is 6.92 Å². The standard InChI is InChI=1S/C9H20N2O3/c1-2-10-9(13)11-5-3-7-14-8-4-6-12/h12H,2-8H2,1H3,(H2,10,11,13). The molecule has 0 unspecified atom stereocenters. The van der Waals surface area contributed by atoms with E-state index in [4.69, 9.17) is 9.84 Å². The molecular weight excluding hydrogens is 184 g/mol. The van der Waals surface area contributed by atoms with Crippen molar-refractivity contribution in [1.29, 1.82) is 0 Å². The number of rotatable bonds is 8. The van der Waals surface area contributed by atoms with Crippen molar-refractivity contribution in [1.82, 2.24) is 10.6 Å². The Morgan fingerprint density at radius 3 is 2.64 bits per heavy atom. The summed E-state index contributed by atoms with van der Waals surface area (Å²) in [6.07, 6.45) is 1.46. The minimum Gasteiger partial charge on any atom is -0.396 e. The molecule has 0 bridgehead atoms. The van der Waals surface area contributed by atoms with Gasteiger partial charge in [0.25, 0.3) is 0 Å². The monoisotopic (exact) mass is 204 g/mol. The molecule has 0 aromatic rings. The molecule has 0 heterocycles. The Morgan fingerprint density at radius 2 is 2.00 bits per heavy atom. The van der Waals surface area contributed by atoms with Crippen LogP contribution in [-0.2, 0) is 4.74 Å². The van der Waals surface area contributed by atoms with E-state index in [-0.39, 0.29) is 12.6 Å². The second-order valence-corrected chi connectivity index (χ2v) is 2.83. The van der Waals surface area contributed by atoms with Crippen molar-refractivity contribution < 1.29 is 14.6 Å². The minimum absolute atomic E-state index is 0.136. The van der Waals surface area contributed by atoms with E-state index in [2.05, 4.69) is 10.6 Å². The SMILES string of the molecule is CCNC(=O)NCCCOCCCO. The largest absolute Gasteiger partial charge is 0.396 e. The van der Waals surface area contributed by atoms with E-state index in [1.165, 1.54) is 0 Å². The molecule has 5 nitrogen and oxygen atoms in total. The molecule has 0 aliphatic carbocycles. The van der Waals surface area contributed by atoms with Gasteiger partial charge in [-0.3, -0.25) is 0 Å². The van der Waals surface area contributed by atoms with E-state index in [1.54, 1.807) is 0 Å². The van der Waals surface area contributed by atoms with Gasteiger partial charge in [0.2, 0.25) is 0 Å². The average molecular weight is 204 g/mol. The van der Waals surface area contributed by atoms with Gasteiger partial charge in [0.1, 0.15) is 0 Å². The number of carbonyl (C=O) groups excluding carboxylic acids is 1. The van der Waals surface area contributed by atoms with Crippen LogP contribution in [0.15, 0.2) is 0 Å². The molecule has 0 atom stereocenters. The zero-order chi connectivity index (χ0) is 10.6. The number of ether oxygens (including phenoxy) is 1. The predicted octanol–water partition coefficient (Wildman–Crippen LogP) is 0.0946. The molecule has 3 N–H and O–H groups in total. The average Bonchev–Trinajstić information content (AvgIpc) is 2.17. The van der Waals surface area contributed by atoms with Gasteiger partial charge in [-0.2, -0.15) is 0 Å². The number of hydrogen-bond acceptors (Lipinski definition) is 3. The van der Waals surface area contributed by atoms with Crippen molar-refractivity contribution in [2.75, 3.05) is 32.9 Å². The van der Waals surface area contributed by atoms with Crippen LogP contribution in [0.25, 0.3) is 0 Å². The minimum atomic E-state index is -0.136. The molecule has 2 amide bonds. The number of aliphatic hydroxyl groups excluding tert-OH is 1. The maximum atomic E-state index is 10.9. The maximum Gasteiger partial charge on any atom is 0.314 e. The maximum absolute atomic E-state index is 10.9. The summed E-state index contributed by atoms with van der Waals surface area (Å²) < 4.78 is 5.18. The third kappa shape index (κ3) is 9.28.